The van der Waals surface area contributed by atoms with E-state index in [1.807, 2.05) is 26.1 Å². The minimum atomic E-state index is -0.0675. The lowest BCUT2D eigenvalue weighted by molar-refractivity contribution is 0.204. The Morgan fingerprint density at radius 3 is 2.70 bits per heavy atom. The van der Waals surface area contributed by atoms with E-state index in [1.54, 1.807) is 28.6 Å². The highest BCUT2D eigenvalue weighted by atomic mass is 32.1. The van der Waals surface area contributed by atoms with Crippen molar-refractivity contribution in [2.45, 2.75) is 26.4 Å². The van der Waals surface area contributed by atoms with Crippen LogP contribution in [0.5, 0.6) is 0 Å². The molecule has 0 aliphatic heterocycles. The zero-order chi connectivity index (χ0) is 14.5. The molecule has 2 heterocycles. The molecule has 0 aliphatic carbocycles. The number of carbonyl (C=O) groups is 1. The average Bonchev–Trinajstić information content (AvgIpc) is 2.85. The van der Waals surface area contributed by atoms with E-state index in [1.165, 1.54) is 10.4 Å². The predicted octanol–water partition coefficient (Wildman–Crippen LogP) is 3.35. The summed E-state index contributed by atoms with van der Waals surface area (Å²) in [6, 6.07) is 5.80. The predicted molar refractivity (Wildman–Crippen MR) is 81.7 cm³/mol. The first-order valence-corrected chi connectivity index (χ1v) is 7.40. The van der Waals surface area contributed by atoms with Crippen molar-refractivity contribution in [1.82, 2.24) is 15.2 Å². The van der Waals surface area contributed by atoms with Gasteiger partial charge in [0.25, 0.3) is 0 Å². The number of nitrogens with zero attached hydrogens (tertiary/aromatic N) is 2. The van der Waals surface area contributed by atoms with Crippen LogP contribution in [0.2, 0.25) is 0 Å². The molecule has 1 N–H and O–H groups in total. The van der Waals surface area contributed by atoms with Gasteiger partial charge in [-0.15, -0.1) is 11.3 Å². The van der Waals surface area contributed by atoms with Gasteiger partial charge in [-0.3, -0.25) is 4.98 Å². The molecule has 106 valence electrons. The van der Waals surface area contributed by atoms with Gasteiger partial charge in [0.05, 0.1) is 12.6 Å². The van der Waals surface area contributed by atoms with Crippen molar-refractivity contribution in [2.75, 3.05) is 7.05 Å². The maximum atomic E-state index is 12.2. The van der Waals surface area contributed by atoms with Crippen molar-refractivity contribution in [3.05, 3.63) is 52.0 Å². The Balaban J connectivity index is 1.93. The number of hydrogen-bond donors (Lipinski definition) is 1. The number of amides is 2. The third-order valence-corrected chi connectivity index (χ3v) is 4.25. The Kier molecular flexibility index (Phi) is 4.74. The quantitative estimate of drug-likeness (QED) is 0.938. The van der Waals surface area contributed by atoms with E-state index in [-0.39, 0.29) is 12.1 Å². The number of pyridine rings is 1. The van der Waals surface area contributed by atoms with E-state index in [4.69, 9.17) is 0 Å². The fraction of sp³-hybridized carbons (Fsp3) is 0.333. The second kappa shape index (κ2) is 6.52. The van der Waals surface area contributed by atoms with Crippen LogP contribution in [0.3, 0.4) is 0 Å². The summed E-state index contributed by atoms with van der Waals surface area (Å²) in [5.41, 5.74) is 2.28. The van der Waals surface area contributed by atoms with Gasteiger partial charge in [-0.05, 0) is 48.6 Å². The number of carbonyl (C=O) groups excluding carboxylic acids is 1. The summed E-state index contributed by atoms with van der Waals surface area (Å²) in [5, 5.41) is 5.04. The second-order valence-electron chi connectivity index (χ2n) is 4.83. The molecule has 1 atom stereocenters. The van der Waals surface area contributed by atoms with Gasteiger partial charge in [-0.2, -0.15) is 0 Å². The van der Waals surface area contributed by atoms with Crippen LogP contribution in [0.25, 0.3) is 0 Å². The molecule has 20 heavy (non-hydrogen) atoms. The van der Waals surface area contributed by atoms with Crippen molar-refractivity contribution >= 4 is 17.4 Å². The Bertz CT molecular complexity index is 568. The zero-order valence-corrected chi connectivity index (χ0v) is 12.8. The van der Waals surface area contributed by atoms with Crippen LogP contribution in [0.15, 0.2) is 36.0 Å². The number of hydrogen-bond acceptors (Lipinski definition) is 3. The SMILES string of the molecule is Cc1ccsc1CN(C)C(=O)NC(C)c1ccncc1. The fourth-order valence-corrected chi connectivity index (χ4v) is 2.84. The van der Waals surface area contributed by atoms with Crippen LogP contribution >= 0.6 is 11.3 Å². The number of urea groups is 1. The number of nitrogens with one attached hydrogen (secondary N) is 1. The Morgan fingerprint density at radius 2 is 2.10 bits per heavy atom. The van der Waals surface area contributed by atoms with E-state index < -0.39 is 0 Å². The summed E-state index contributed by atoms with van der Waals surface area (Å²) in [6.45, 7) is 4.67. The van der Waals surface area contributed by atoms with Gasteiger partial charge in [0.1, 0.15) is 0 Å². The van der Waals surface area contributed by atoms with Gasteiger partial charge in [-0.25, -0.2) is 4.79 Å². The first-order chi connectivity index (χ1) is 9.58. The Morgan fingerprint density at radius 1 is 1.40 bits per heavy atom. The monoisotopic (exact) mass is 289 g/mol. The highest BCUT2D eigenvalue weighted by Crippen LogP contribution is 2.17. The standard InChI is InChI=1S/C15H19N3OS/c1-11-6-9-20-14(11)10-18(3)15(19)17-12(2)13-4-7-16-8-5-13/h4-9,12H,10H2,1-3H3,(H,17,19). The smallest absolute Gasteiger partial charge is 0.317 e. The molecule has 1 unspecified atom stereocenters. The van der Waals surface area contributed by atoms with Crippen molar-refractivity contribution in [3.63, 3.8) is 0 Å². The summed E-state index contributed by atoms with van der Waals surface area (Å²) in [5.74, 6) is 0. The topological polar surface area (TPSA) is 45.2 Å². The maximum Gasteiger partial charge on any atom is 0.317 e. The molecule has 2 aromatic heterocycles. The molecule has 0 aromatic carbocycles. The molecule has 0 fully saturated rings. The van der Waals surface area contributed by atoms with E-state index in [0.717, 1.165) is 5.56 Å². The van der Waals surface area contributed by atoms with E-state index in [0.29, 0.717) is 6.54 Å². The Hall–Kier alpha value is -1.88. The van der Waals surface area contributed by atoms with Crippen molar-refractivity contribution < 1.29 is 4.79 Å². The maximum absolute atomic E-state index is 12.2. The minimum absolute atomic E-state index is 0.0302. The van der Waals surface area contributed by atoms with Crippen molar-refractivity contribution in [2.24, 2.45) is 0 Å². The molecule has 0 bridgehead atoms. The highest BCUT2D eigenvalue weighted by Gasteiger charge is 2.14. The fourth-order valence-electron chi connectivity index (χ4n) is 1.88. The average molecular weight is 289 g/mol. The van der Waals surface area contributed by atoms with Crippen molar-refractivity contribution in [3.8, 4) is 0 Å². The van der Waals surface area contributed by atoms with Gasteiger partial charge in [0, 0.05) is 24.3 Å². The van der Waals surface area contributed by atoms with Crippen LogP contribution in [0, 0.1) is 6.92 Å². The summed E-state index contributed by atoms with van der Waals surface area (Å²) >= 11 is 1.68. The highest BCUT2D eigenvalue weighted by molar-refractivity contribution is 7.10. The van der Waals surface area contributed by atoms with Crippen LogP contribution in [-0.2, 0) is 6.54 Å². The number of thiophene rings is 1. The van der Waals surface area contributed by atoms with Crippen LogP contribution in [-0.4, -0.2) is 23.0 Å². The summed E-state index contributed by atoms with van der Waals surface area (Å²) in [7, 11) is 1.81. The summed E-state index contributed by atoms with van der Waals surface area (Å²) in [6.07, 6.45) is 3.47. The first kappa shape index (κ1) is 14.5. The molecular formula is C15H19N3OS. The number of rotatable bonds is 4. The lowest BCUT2D eigenvalue weighted by Gasteiger charge is -2.21. The normalized spacial score (nSPS) is 11.9. The third kappa shape index (κ3) is 3.57. The van der Waals surface area contributed by atoms with E-state index >= 15 is 0 Å². The minimum Gasteiger partial charge on any atom is -0.331 e. The van der Waals surface area contributed by atoms with Gasteiger partial charge in [0.15, 0.2) is 0 Å². The van der Waals surface area contributed by atoms with Gasteiger partial charge in [0.2, 0.25) is 0 Å². The molecule has 0 saturated carbocycles. The molecule has 4 nitrogen and oxygen atoms in total. The van der Waals surface area contributed by atoms with E-state index in [2.05, 4.69) is 28.7 Å². The molecule has 2 amide bonds. The summed E-state index contributed by atoms with van der Waals surface area (Å²) < 4.78 is 0. The first-order valence-electron chi connectivity index (χ1n) is 6.52. The lowest BCUT2D eigenvalue weighted by Crippen LogP contribution is -2.38. The number of aromatic nitrogens is 1. The van der Waals surface area contributed by atoms with Gasteiger partial charge < -0.3 is 10.2 Å². The third-order valence-electron chi connectivity index (χ3n) is 3.24. The molecule has 2 rings (SSSR count). The molecule has 2 aromatic rings. The van der Waals surface area contributed by atoms with Crippen molar-refractivity contribution in [1.29, 1.82) is 0 Å². The molecule has 0 saturated heterocycles. The van der Waals surface area contributed by atoms with Crippen LogP contribution in [0.1, 0.15) is 29.0 Å². The molecule has 0 radical (unpaired) electrons. The molecule has 0 aliphatic rings. The van der Waals surface area contributed by atoms with Gasteiger partial charge in [-0.1, -0.05) is 0 Å². The zero-order valence-electron chi connectivity index (χ0n) is 12.0. The second-order valence-corrected chi connectivity index (χ2v) is 5.84. The van der Waals surface area contributed by atoms with Gasteiger partial charge >= 0.3 is 6.03 Å². The molecular weight excluding hydrogens is 270 g/mol. The summed E-state index contributed by atoms with van der Waals surface area (Å²) in [4.78, 5) is 19.1. The van der Waals surface area contributed by atoms with Crippen LogP contribution in [0.4, 0.5) is 4.79 Å². The molecule has 5 heteroatoms. The van der Waals surface area contributed by atoms with E-state index in [9.17, 15) is 4.79 Å². The lowest BCUT2D eigenvalue weighted by atomic mass is 10.1. The van der Waals surface area contributed by atoms with Crippen LogP contribution < -0.4 is 5.32 Å². The largest absolute Gasteiger partial charge is 0.331 e. The number of aryl methyl sites for hydroxylation is 1. The molecule has 0 spiro atoms. The Labute approximate surface area is 123 Å².